The van der Waals surface area contributed by atoms with Crippen LogP contribution in [0.2, 0.25) is 0 Å². The maximum Gasteiger partial charge on any atom is 0.573 e. The van der Waals surface area contributed by atoms with Gasteiger partial charge in [0.25, 0.3) is 0 Å². The van der Waals surface area contributed by atoms with Crippen molar-refractivity contribution in [3.8, 4) is 5.75 Å². The maximum absolute atomic E-state index is 12.3. The number of rotatable bonds is 6. The highest BCUT2D eigenvalue weighted by Gasteiger charge is 2.31. The zero-order chi connectivity index (χ0) is 19.4. The van der Waals surface area contributed by atoms with Gasteiger partial charge in [-0.25, -0.2) is 13.1 Å². The van der Waals surface area contributed by atoms with E-state index in [1.807, 2.05) is 0 Å². The highest BCUT2D eigenvalue weighted by Crippen LogP contribution is 2.24. The molecule has 0 bridgehead atoms. The number of nitrogens with zero attached hydrogens (tertiary/aromatic N) is 1. The van der Waals surface area contributed by atoms with Gasteiger partial charge in [0.1, 0.15) is 5.75 Å². The molecule has 0 radical (unpaired) electrons. The number of carbonyl (C=O) groups is 1. The van der Waals surface area contributed by atoms with E-state index in [1.54, 1.807) is 4.90 Å². The lowest BCUT2D eigenvalue weighted by atomic mass is 10.0. The van der Waals surface area contributed by atoms with Crippen LogP contribution >= 0.6 is 0 Å². The molecular weight excluding hydrogens is 375 g/mol. The van der Waals surface area contributed by atoms with Gasteiger partial charge < -0.3 is 15.4 Å². The molecule has 1 aliphatic heterocycles. The predicted molar refractivity (Wildman–Crippen MR) is 86.7 cm³/mol. The van der Waals surface area contributed by atoms with Gasteiger partial charge in [0.15, 0.2) is 0 Å². The highest BCUT2D eigenvalue weighted by atomic mass is 32.2. The molecule has 2 rings (SSSR count). The minimum absolute atomic E-state index is 0.112. The summed E-state index contributed by atoms with van der Waals surface area (Å²) in [7, 11) is -4.04. The number of piperidine rings is 1. The van der Waals surface area contributed by atoms with Crippen molar-refractivity contribution in [2.24, 2.45) is 5.73 Å². The molecule has 0 aromatic heterocycles. The van der Waals surface area contributed by atoms with E-state index in [9.17, 15) is 26.4 Å². The maximum atomic E-state index is 12.3. The molecule has 1 atom stereocenters. The number of nitrogens with two attached hydrogens (primary N) is 1. The second kappa shape index (κ2) is 8.23. The minimum atomic E-state index is -4.86. The molecule has 3 N–H and O–H groups in total. The van der Waals surface area contributed by atoms with Crippen LogP contribution in [0.1, 0.15) is 19.3 Å². The molecule has 1 unspecified atom stereocenters. The van der Waals surface area contributed by atoms with E-state index in [4.69, 9.17) is 5.73 Å². The van der Waals surface area contributed by atoms with E-state index < -0.39 is 28.7 Å². The zero-order valence-corrected chi connectivity index (χ0v) is 14.6. The van der Waals surface area contributed by atoms with Crippen molar-refractivity contribution in [2.45, 2.75) is 36.6 Å². The summed E-state index contributed by atoms with van der Waals surface area (Å²) < 4.78 is 66.6. The Balaban J connectivity index is 1.98. The summed E-state index contributed by atoms with van der Waals surface area (Å²) in [6, 6.07) is 3.60. The molecule has 7 nitrogen and oxygen atoms in total. The van der Waals surface area contributed by atoms with E-state index in [0.29, 0.717) is 13.1 Å². The third kappa shape index (κ3) is 5.58. The lowest BCUT2D eigenvalue weighted by Gasteiger charge is -2.35. The van der Waals surface area contributed by atoms with E-state index in [-0.39, 0.29) is 16.8 Å². The van der Waals surface area contributed by atoms with Crippen LogP contribution in [0.15, 0.2) is 29.2 Å². The number of ether oxygens (including phenoxy) is 1. The van der Waals surface area contributed by atoms with E-state index in [0.717, 1.165) is 43.5 Å². The largest absolute Gasteiger partial charge is 0.573 e. The lowest BCUT2D eigenvalue weighted by molar-refractivity contribution is -0.274. The van der Waals surface area contributed by atoms with E-state index in [1.165, 1.54) is 0 Å². The van der Waals surface area contributed by atoms with Crippen LogP contribution < -0.4 is 15.2 Å². The number of alkyl halides is 3. The number of carbonyl (C=O) groups excluding carboxylic acids is 1. The molecule has 1 fully saturated rings. The van der Waals surface area contributed by atoms with Crippen molar-refractivity contribution in [3.63, 3.8) is 0 Å². The summed E-state index contributed by atoms with van der Waals surface area (Å²) in [5, 5.41) is 0. The van der Waals surface area contributed by atoms with E-state index in [2.05, 4.69) is 9.46 Å². The third-order valence-electron chi connectivity index (χ3n) is 4.00. The Kier molecular flexibility index (Phi) is 6.48. The second-order valence-electron chi connectivity index (χ2n) is 5.82. The molecule has 1 aromatic carbocycles. The Morgan fingerprint density at radius 2 is 1.92 bits per heavy atom. The zero-order valence-electron chi connectivity index (χ0n) is 13.8. The number of hydrogen-bond donors (Lipinski definition) is 2. The van der Waals surface area contributed by atoms with Gasteiger partial charge >= 0.3 is 6.36 Å². The molecule has 1 saturated heterocycles. The summed E-state index contributed by atoms with van der Waals surface area (Å²) in [6.07, 6.45) is -2.30. The number of benzene rings is 1. The fraction of sp³-hybridized carbons (Fsp3) is 0.533. The van der Waals surface area contributed by atoms with Crippen molar-refractivity contribution in [1.82, 2.24) is 9.62 Å². The molecule has 0 aliphatic carbocycles. The average molecular weight is 395 g/mol. The Labute approximate surface area is 149 Å². The summed E-state index contributed by atoms with van der Waals surface area (Å²) in [6.45, 7) is 0.380. The standard InChI is InChI=1S/C15H20F3N3O4S/c16-15(17,18)25-12-4-6-13(7-5-12)26(23,24)20-10-14(22)21-8-2-1-3-11(21)9-19/h4-7,11,20H,1-3,8-10,19H2. The smallest absolute Gasteiger partial charge is 0.406 e. The van der Waals surface area contributed by atoms with Gasteiger partial charge in [-0.1, -0.05) is 0 Å². The summed E-state index contributed by atoms with van der Waals surface area (Å²) >= 11 is 0. The van der Waals surface area contributed by atoms with Crippen LogP contribution in [-0.4, -0.2) is 51.3 Å². The highest BCUT2D eigenvalue weighted by molar-refractivity contribution is 7.89. The predicted octanol–water partition coefficient (Wildman–Crippen LogP) is 1.20. The first kappa shape index (κ1) is 20.5. The number of nitrogens with one attached hydrogen (secondary N) is 1. The van der Waals surface area contributed by atoms with Gasteiger partial charge in [0, 0.05) is 19.1 Å². The molecule has 1 amide bonds. The third-order valence-corrected chi connectivity index (χ3v) is 5.42. The Morgan fingerprint density at radius 3 is 2.50 bits per heavy atom. The fourth-order valence-corrected chi connectivity index (χ4v) is 3.71. The van der Waals surface area contributed by atoms with Gasteiger partial charge in [-0.3, -0.25) is 4.79 Å². The number of hydrogen-bond acceptors (Lipinski definition) is 5. The van der Waals surface area contributed by atoms with Crippen LogP contribution in [-0.2, 0) is 14.8 Å². The number of sulfonamides is 1. The van der Waals surface area contributed by atoms with Crippen molar-refractivity contribution >= 4 is 15.9 Å². The SMILES string of the molecule is NCC1CCCCN1C(=O)CNS(=O)(=O)c1ccc(OC(F)(F)F)cc1. The lowest BCUT2D eigenvalue weighted by Crippen LogP contribution is -2.50. The van der Waals surface area contributed by atoms with Crippen molar-refractivity contribution in [3.05, 3.63) is 24.3 Å². The first-order valence-corrected chi connectivity index (χ1v) is 9.46. The molecule has 0 saturated carbocycles. The molecular formula is C15H20F3N3O4S. The van der Waals surface area contributed by atoms with Gasteiger partial charge in [-0.2, -0.15) is 0 Å². The van der Waals surface area contributed by atoms with Crippen molar-refractivity contribution < 1.29 is 31.1 Å². The Bertz CT molecular complexity index is 723. The van der Waals surface area contributed by atoms with Crippen LogP contribution in [0.3, 0.4) is 0 Å². The monoisotopic (exact) mass is 395 g/mol. The number of likely N-dealkylation sites (tertiary alicyclic amines) is 1. The number of halogens is 3. The van der Waals surface area contributed by atoms with Crippen LogP contribution in [0, 0.1) is 0 Å². The quantitative estimate of drug-likeness (QED) is 0.754. The van der Waals surface area contributed by atoms with E-state index >= 15 is 0 Å². The minimum Gasteiger partial charge on any atom is -0.406 e. The fourth-order valence-electron chi connectivity index (χ4n) is 2.74. The summed E-state index contributed by atoms with van der Waals surface area (Å²) in [5.74, 6) is -0.924. The average Bonchev–Trinajstić information content (AvgIpc) is 2.58. The van der Waals surface area contributed by atoms with Gasteiger partial charge in [0.2, 0.25) is 15.9 Å². The molecule has 1 aliphatic rings. The Hall–Kier alpha value is -1.85. The van der Waals surface area contributed by atoms with Crippen LogP contribution in [0.4, 0.5) is 13.2 Å². The molecule has 0 spiro atoms. The molecule has 26 heavy (non-hydrogen) atoms. The second-order valence-corrected chi connectivity index (χ2v) is 7.58. The first-order valence-electron chi connectivity index (χ1n) is 7.97. The first-order chi connectivity index (χ1) is 12.1. The normalized spacial score (nSPS) is 18.6. The number of amides is 1. The summed E-state index contributed by atoms with van der Waals surface area (Å²) in [4.78, 5) is 13.5. The summed E-state index contributed by atoms with van der Waals surface area (Å²) in [5.41, 5.74) is 5.64. The Morgan fingerprint density at radius 1 is 1.27 bits per heavy atom. The van der Waals surface area contributed by atoms with Gasteiger partial charge in [-0.15, -0.1) is 13.2 Å². The van der Waals surface area contributed by atoms with Crippen LogP contribution in [0.25, 0.3) is 0 Å². The molecule has 11 heteroatoms. The molecule has 1 heterocycles. The molecule has 146 valence electrons. The molecule has 1 aromatic rings. The van der Waals surface area contributed by atoms with Crippen molar-refractivity contribution in [2.75, 3.05) is 19.6 Å². The van der Waals surface area contributed by atoms with Gasteiger partial charge in [-0.05, 0) is 43.5 Å². The van der Waals surface area contributed by atoms with Crippen molar-refractivity contribution in [1.29, 1.82) is 0 Å². The van der Waals surface area contributed by atoms with Gasteiger partial charge in [0.05, 0.1) is 11.4 Å². The van der Waals surface area contributed by atoms with Crippen LogP contribution in [0.5, 0.6) is 5.75 Å². The topological polar surface area (TPSA) is 102 Å².